The number of aromatic nitrogens is 1. The number of hydrogen-bond acceptors (Lipinski definition) is 3. The van der Waals surface area contributed by atoms with E-state index in [1.54, 1.807) is 6.20 Å². The lowest BCUT2D eigenvalue weighted by atomic mass is 9.99. The molecule has 5 heteroatoms. The zero-order chi connectivity index (χ0) is 16.9. The molecule has 2 N–H and O–H groups in total. The number of amides is 2. The van der Waals surface area contributed by atoms with Gasteiger partial charge in [0.1, 0.15) is 0 Å². The topological polar surface area (TPSA) is 63.2 Å². The maximum absolute atomic E-state index is 12.5. The van der Waals surface area contributed by atoms with E-state index in [-0.39, 0.29) is 18.1 Å². The van der Waals surface area contributed by atoms with Crippen LogP contribution in [0.5, 0.6) is 0 Å². The van der Waals surface area contributed by atoms with Gasteiger partial charge in [-0.1, -0.05) is 19.9 Å². The van der Waals surface area contributed by atoms with Crippen LogP contribution in [-0.2, 0) is 4.74 Å². The van der Waals surface area contributed by atoms with Gasteiger partial charge in [-0.05, 0) is 56.1 Å². The van der Waals surface area contributed by atoms with Crippen LogP contribution in [0.3, 0.4) is 0 Å². The second-order valence-electron chi connectivity index (χ2n) is 7.52. The van der Waals surface area contributed by atoms with Gasteiger partial charge in [0.2, 0.25) is 0 Å². The highest BCUT2D eigenvalue weighted by molar-refractivity contribution is 5.74. The Balaban J connectivity index is 1.54. The van der Waals surface area contributed by atoms with E-state index in [0.717, 1.165) is 37.5 Å². The Morgan fingerprint density at radius 1 is 1.33 bits per heavy atom. The van der Waals surface area contributed by atoms with Gasteiger partial charge in [0, 0.05) is 18.8 Å². The van der Waals surface area contributed by atoms with E-state index in [4.69, 9.17) is 4.74 Å². The number of hydrogen-bond donors (Lipinski definition) is 2. The molecule has 2 amide bonds. The molecule has 0 bridgehead atoms. The lowest BCUT2D eigenvalue weighted by molar-refractivity contribution is -0.00919. The van der Waals surface area contributed by atoms with Crippen LogP contribution >= 0.6 is 0 Å². The number of carbonyl (C=O) groups is 1. The van der Waals surface area contributed by atoms with Crippen LogP contribution < -0.4 is 10.6 Å². The summed E-state index contributed by atoms with van der Waals surface area (Å²) in [5.41, 5.74) is 0.921. The second kappa shape index (κ2) is 7.97. The third kappa shape index (κ3) is 4.94. The normalized spacial score (nSPS) is 25.3. The highest BCUT2D eigenvalue weighted by Crippen LogP contribution is 2.38. The summed E-state index contributed by atoms with van der Waals surface area (Å²) in [5.74, 6) is 1.21. The lowest BCUT2D eigenvalue weighted by Gasteiger charge is -2.31. The van der Waals surface area contributed by atoms with Crippen molar-refractivity contribution in [1.29, 1.82) is 0 Å². The van der Waals surface area contributed by atoms with Crippen LogP contribution in [0.1, 0.15) is 57.7 Å². The third-order valence-electron chi connectivity index (χ3n) is 4.86. The van der Waals surface area contributed by atoms with Gasteiger partial charge in [-0.2, -0.15) is 0 Å². The Labute approximate surface area is 144 Å². The molecule has 1 aromatic rings. The summed E-state index contributed by atoms with van der Waals surface area (Å²) in [5, 5.41) is 6.27. The molecule has 3 rings (SSSR count). The Hall–Kier alpha value is -1.62. The van der Waals surface area contributed by atoms with Gasteiger partial charge in [-0.25, -0.2) is 4.79 Å². The quantitative estimate of drug-likeness (QED) is 0.839. The molecule has 1 saturated carbocycles. The standard InChI is InChI=1S/C19H29N3O2/c1-13(2)11-17(16-5-3-4-9-20-16)22-19(23)21-15-8-10-24-18(12-15)14-6-7-14/h3-5,9,13-15,17-18H,6-8,10-12H2,1-2H3,(H2,21,22,23)/t15-,17+,18-/m1/s1. The monoisotopic (exact) mass is 331 g/mol. The van der Waals surface area contributed by atoms with Crippen LogP contribution in [0.2, 0.25) is 0 Å². The number of nitrogens with one attached hydrogen (secondary N) is 2. The molecule has 1 saturated heterocycles. The number of pyridine rings is 1. The van der Waals surface area contributed by atoms with E-state index in [0.29, 0.717) is 12.0 Å². The van der Waals surface area contributed by atoms with E-state index in [1.165, 1.54) is 12.8 Å². The maximum atomic E-state index is 12.5. The van der Waals surface area contributed by atoms with Crippen molar-refractivity contribution in [1.82, 2.24) is 15.6 Å². The van der Waals surface area contributed by atoms with Crippen molar-refractivity contribution < 1.29 is 9.53 Å². The van der Waals surface area contributed by atoms with Crippen LogP contribution in [0.4, 0.5) is 4.79 Å². The minimum absolute atomic E-state index is 0.0507. The molecule has 1 aliphatic carbocycles. The van der Waals surface area contributed by atoms with Crippen molar-refractivity contribution in [2.24, 2.45) is 11.8 Å². The largest absolute Gasteiger partial charge is 0.378 e. The van der Waals surface area contributed by atoms with Gasteiger partial charge in [0.25, 0.3) is 0 Å². The van der Waals surface area contributed by atoms with E-state index < -0.39 is 0 Å². The first-order chi connectivity index (χ1) is 11.6. The fraction of sp³-hybridized carbons (Fsp3) is 0.684. The Morgan fingerprint density at radius 3 is 2.83 bits per heavy atom. The highest BCUT2D eigenvalue weighted by atomic mass is 16.5. The van der Waals surface area contributed by atoms with Crippen LogP contribution in [0, 0.1) is 11.8 Å². The molecule has 3 atom stereocenters. The molecular weight excluding hydrogens is 302 g/mol. The first kappa shape index (κ1) is 17.2. The zero-order valence-corrected chi connectivity index (χ0v) is 14.7. The highest BCUT2D eigenvalue weighted by Gasteiger charge is 2.36. The molecule has 24 heavy (non-hydrogen) atoms. The van der Waals surface area contributed by atoms with Crippen molar-refractivity contribution in [2.45, 2.75) is 64.1 Å². The van der Waals surface area contributed by atoms with Gasteiger partial charge in [0.15, 0.2) is 0 Å². The molecular formula is C19H29N3O2. The first-order valence-electron chi connectivity index (χ1n) is 9.21. The van der Waals surface area contributed by atoms with Crippen LogP contribution in [0.15, 0.2) is 24.4 Å². The molecule has 0 radical (unpaired) electrons. The van der Waals surface area contributed by atoms with E-state index >= 15 is 0 Å². The SMILES string of the molecule is CC(C)C[C@H](NC(=O)N[C@@H]1CCO[C@@H](C2CC2)C1)c1ccccn1. The van der Waals surface area contributed by atoms with Crippen molar-refractivity contribution in [3.05, 3.63) is 30.1 Å². The number of nitrogens with zero attached hydrogens (tertiary/aromatic N) is 1. The molecule has 1 aromatic heterocycles. The Morgan fingerprint density at radius 2 is 2.17 bits per heavy atom. The summed E-state index contributed by atoms with van der Waals surface area (Å²) in [6.45, 7) is 5.07. The van der Waals surface area contributed by atoms with Gasteiger partial charge in [0.05, 0.1) is 17.8 Å². The summed E-state index contributed by atoms with van der Waals surface area (Å²) >= 11 is 0. The summed E-state index contributed by atoms with van der Waals surface area (Å²) in [6, 6.07) is 5.92. The van der Waals surface area contributed by atoms with Crippen LogP contribution in [-0.4, -0.2) is 29.8 Å². The molecule has 0 spiro atoms. The zero-order valence-electron chi connectivity index (χ0n) is 14.7. The molecule has 2 aliphatic rings. The predicted octanol–water partition coefficient (Wildman–Crippen LogP) is 3.43. The number of carbonyl (C=O) groups excluding carboxylic acids is 1. The minimum Gasteiger partial charge on any atom is -0.378 e. The molecule has 5 nitrogen and oxygen atoms in total. The average molecular weight is 331 g/mol. The second-order valence-corrected chi connectivity index (χ2v) is 7.52. The van der Waals surface area contributed by atoms with Gasteiger partial charge in [-0.15, -0.1) is 0 Å². The predicted molar refractivity (Wildman–Crippen MR) is 93.6 cm³/mol. The summed E-state index contributed by atoms with van der Waals surface area (Å²) < 4.78 is 5.84. The maximum Gasteiger partial charge on any atom is 0.315 e. The van der Waals surface area contributed by atoms with E-state index in [2.05, 4.69) is 29.5 Å². The van der Waals surface area contributed by atoms with Gasteiger partial charge < -0.3 is 15.4 Å². The Bertz CT molecular complexity index is 531. The number of ether oxygens (including phenoxy) is 1. The van der Waals surface area contributed by atoms with E-state index in [9.17, 15) is 4.79 Å². The minimum atomic E-state index is -0.0900. The fourth-order valence-electron chi connectivity index (χ4n) is 3.45. The molecule has 2 fully saturated rings. The summed E-state index contributed by atoms with van der Waals surface area (Å²) in [4.78, 5) is 16.9. The van der Waals surface area contributed by atoms with Gasteiger partial charge in [-0.3, -0.25) is 4.98 Å². The van der Waals surface area contributed by atoms with Crippen molar-refractivity contribution in [3.63, 3.8) is 0 Å². The molecule has 2 heterocycles. The van der Waals surface area contributed by atoms with Gasteiger partial charge >= 0.3 is 6.03 Å². The lowest BCUT2D eigenvalue weighted by Crippen LogP contribution is -2.47. The van der Waals surface area contributed by atoms with Crippen LogP contribution in [0.25, 0.3) is 0 Å². The van der Waals surface area contributed by atoms with E-state index in [1.807, 2.05) is 18.2 Å². The molecule has 0 aromatic carbocycles. The average Bonchev–Trinajstić information content (AvgIpc) is 3.40. The third-order valence-corrected chi connectivity index (χ3v) is 4.86. The first-order valence-corrected chi connectivity index (χ1v) is 9.21. The summed E-state index contributed by atoms with van der Waals surface area (Å²) in [6.07, 6.45) is 7.39. The molecule has 1 aliphatic heterocycles. The smallest absolute Gasteiger partial charge is 0.315 e. The Kier molecular flexibility index (Phi) is 5.72. The van der Waals surface area contributed by atoms with Crippen molar-refractivity contribution >= 4 is 6.03 Å². The number of rotatable bonds is 6. The fourth-order valence-corrected chi connectivity index (χ4v) is 3.45. The molecule has 0 unspecified atom stereocenters. The van der Waals surface area contributed by atoms with Crippen molar-refractivity contribution in [2.75, 3.05) is 6.61 Å². The summed E-state index contributed by atoms with van der Waals surface area (Å²) in [7, 11) is 0. The molecule has 132 valence electrons. The number of urea groups is 1. The van der Waals surface area contributed by atoms with Crippen molar-refractivity contribution in [3.8, 4) is 0 Å².